The summed E-state index contributed by atoms with van der Waals surface area (Å²) in [6.07, 6.45) is 1.27. The zero-order chi connectivity index (χ0) is 13.9. The molecule has 1 aliphatic heterocycles. The summed E-state index contributed by atoms with van der Waals surface area (Å²) in [5, 5.41) is 12.6. The van der Waals surface area contributed by atoms with Crippen molar-refractivity contribution in [1.29, 1.82) is 5.26 Å². The Morgan fingerprint density at radius 1 is 1.37 bits per heavy atom. The van der Waals surface area contributed by atoms with Gasteiger partial charge in [-0.15, -0.1) is 0 Å². The van der Waals surface area contributed by atoms with Crippen molar-refractivity contribution in [2.24, 2.45) is 5.41 Å². The predicted octanol–water partition coefficient (Wildman–Crippen LogP) is 3.74. The number of nitrogens with zero attached hydrogens (tertiary/aromatic N) is 1. The van der Waals surface area contributed by atoms with Crippen LogP contribution in [0.5, 0.6) is 0 Å². The largest absolute Gasteiger partial charge is 0.306 e. The third-order valence-corrected chi connectivity index (χ3v) is 5.17. The molecule has 0 bridgehead atoms. The standard InChI is InChI=1S/C16H22N2S/c1-12(14-6-4-13(10-17)5-7-14)18-15-11-19-9-8-16(15,2)3/h4-7,12,15,18H,8-9,11H2,1-3H3. The molecule has 0 amide bonds. The Morgan fingerprint density at radius 3 is 2.63 bits per heavy atom. The van der Waals surface area contributed by atoms with E-state index in [1.807, 2.05) is 23.9 Å². The maximum absolute atomic E-state index is 8.83. The zero-order valence-corrected chi connectivity index (χ0v) is 12.8. The van der Waals surface area contributed by atoms with Crippen LogP contribution in [0.1, 0.15) is 44.4 Å². The average molecular weight is 274 g/mol. The Balaban J connectivity index is 2.03. The minimum absolute atomic E-state index is 0.329. The van der Waals surface area contributed by atoms with E-state index in [-0.39, 0.29) is 0 Å². The lowest BCUT2D eigenvalue weighted by atomic mass is 9.81. The number of benzene rings is 1. The predicted molar refractivity (Wildman–Crippen MR) is 82.2 cm³/mol. The molecule has 2 unspecified atom stereocenters. The van der Waals surface area contributed by atoms with Gasteiger partial charge in [0, 0.05) is 17.8 Å². The number of hydrogen-bond acceptors (Lipinski definition) is 3. The van der Waals surface area contributed by atoms with Crippen LogP contribution in [0.3, 0.4) is 0 Å². The van der Waals surface area contributed by atoms with Gasteiger partial charge in [-0.05, 0) is 42.2 Å². The lowest BCUT2D eigenvalue weighted by molar-refractivity contribution is 0.232. The minimum atomic E-state index is 0.329. The molecular weight excluding hydrogens is 252 g/mol. The third kappa shape index (κ3) is 3.52. The molecule has 1 fully saturated rings. The summed E-state index contributed by atoms with van der Waals surface area (Å²) >= 11 is 2.04. The molecule has 1 heterocycles. The summed E-state index contributed by atoms with van der Waals surface area (Å²) in [5.74, 6) is 2.46. The topological polar surface area (TPSA) is 35.8 Å². The van der Waals surface area contributed by atoms with Crippen LogP contribution in [0.4, 0.5) is 0 Å². The molecule has 102 valence electrons. The van der Waals surface area contributed by atoms with E-state index in [0.717, 1.165) is 5.56 Å². The highest BCUT2D eigenvalue weighted by Gasteiger charge is 2.33. The summed E-state index contributed by atoms with van der Waals surface area (Å²) in [6, 6.07) is 10.9. The van der Waals surface area contributed by atoms with Crippen molar-refractivity contribution in [3.63, 3.8) is 0 Å². The second-order valence-corrected chi connectivity index (χ2v) is 7.14. The van der Waals surface area contributed by atoms with Crippen LogP contribution < -0.4 is 5.32 Å². The number of nitrogens with one attached hydrogen (secondary N) is 1. The first-order valence-electron chi connectivity index (χ1n) is 6.87. The Kier molecular flexibility index (Phi) is 4.54. The molecule has 2 nitrogen and oxygen atoms in total. The molecule has 1 aromatic carbocycles. The highest BCUT2D eigenvalue weighted by Crippen LogP contribution is 2.35. The fraction of sp³-hybridized carbons (Fsp3) is 0.562. The van der Waals surface area contributed by atoms with Gasteiger partial charge in [0.15, 0.2) is 0 Å². The molecule has 1 N–H and O–H groups in total. The van der Waals surface area contributed by atoms with Gasteiger partial charge in [-0.3, -0.25) is 0 Å². The van der Waals surface area contributed by atoms with Gasteiger partial charge in [0.1, 0.15) is 0 Å². The molecule has 0 radical (unpaired) electrons. The molecule has 2 atom stereocenters. The zero-order valence-electron chi connectivity index (χ0n) is 11.9. The van der Waals surface area contributed by atoms with Gasteiger partial charge in [-0.2, -0.15) is 17.0 Å². The van der Waals surface area contributed by atoms with E-state index >= 15 is 0 Å². The highest BCUT2D eigenvalue weighted by molar-refractivity contribution is 7.99. The Morgan fingerprint density at radius 2 is 2.05 bits per heavy atom. The van der Waals surface area contributed by atoms with Gasteiger partial charge in [0.2, 0.25) is 0 Å². The highest BCUT2D eigenvalue weighted by atomic mass is 32.2. The van der Waals surface area contributed by atoms with Crippen molar-refractivity contribution >= 4 is 11.8 Å². The van der Waals surface area contributed by atoms with Crippen LogP contribution in [0.25, 0.3) is 0 Å². The second-order valence-electron chi connectivity index (χ2n) is 5.99. The van der Waals surface area contributed by atoms with Crippen molar-refractivity contribution in [3.8, 4) is 6.07 Å². The molecule has 1 aliphatic rings. The average Bonchev–Trinajstić information content (AvgIpc) is 2.41. The van der Waals surface area contributed by atoms with Crippen LogP contribution in [0, 0.1) is 16.7 Å². The number of hydrogen-bond donors (Lipinski definition) is 1. The summed E-state index contributed by atoms with van der Waals surface area (Å²) in [6.45, 7) is 6.92. The van der Waals surface area contributed by atoms with Gasteiger partial charge in [0.05, 0.1) is 11.6 Å². The number of nitriles is 1. The maximum Gasteiger partial charge on any atom is 0.0991 e. The first-order valence-corrected chi connectivity index (χ1v) is 8.02. The number of rotatable bonds is 3. The Hall–Kier alpha value is -0.980. The first-order chi connectivity index (χ1) is 9.03. The van der Waals surface area contributed by atoms with Gasteiger partial charge < -0.3 is 5.32 Å². The second kappa shape index (κ2) is 5.98. The van der Waals surface area contributed by atoms with Crippen LogP contribution >= 0.6 is 11.8 Å². The smallest absolute Gasteiger partial charge is 0.0991 e. The van der Waals surface area contributed by atoms with Crippen molar-refractivity contribution in [2.45, 2.75) is 39.3 Å². The Labute approximate surface area is 120 Å². The van der Waals surface area contributed by atoms with Crippen molar-refractivity contribution in [3.05, 3.63) is 35.4 Å². The molecule has 0 saturated carbocycles. The molecule has 0 aliphatic carbocycles. The minimum Gasteiger partial charge on any atom is -0.306 e. The van der Waals surface area contributed by atoms with Crippen LogP contribution in [-0.2, 0) is 0 Å². The van der Waals surface area contributed by atoms with Gasteiger partial charge in [-0.25, -0.2) is 0 Å². The molecule has 0 spiro atoms. The molecule has 1 aromatic rings. The summed E-state index contributed by atoms with van der Waals surface area (Å²) < 4.78 is 0. The molecular formula is C16H22N2S. The fourth-order valence-corrected chi connectivity index (χ4v) is 4.07. The summed E-state index contributed by atoms with van der Waals surface area (Å²) in [7, 11) is 0. The van der Waals surface area contributed by atoms with E-state index in [1.165, 1.54) is 23.5 Å². The van der Waals surface area contributed by atoms with Crippen LogP contribution in [-0.4, -0.2) is 17.5 Å². The van der Waals surface area contributed by atoms with E-state index in [9.17, 15) is 0 Å². The Bertz CT molecular complexity index is 459. The van der Waals surface area contributed by atoms with Crippen LogP contribution in [0.2, 0.25) is 0 Å². The lowest BCUT2D eigenvalue weighted by Crippen LogP contribution is -2.47. The molecule has 3 heteroatoms. The molecule has 19 heavy (non-hydrogen) atoms. The molecule has 0 aromatic heterocycles. The van der Waals surface area contributed by atoms with Gasteiger partial charge >= 0.3 is 0 Å². The van der Waals surface area contributed by atoms with Crippen molar-refractivity contribution in [1.82, 2.24) is 5.32 Å². The first kappa shape index (κ1) is 14.4. The third-order valence-electron chi connectivity index (χ3n) is 4.11. The van der Waals surface area contributed by atoms with Crippen molar-refractivity contribution < 1.29 is 0 Å². The number of thioether (sulfide) groups is 1. The van der Waals surface area contributed by atoms with E-state index < -0.39 is 0 Å². The van der Waals surface area contributed by atoms with E-state index in [1.54, 1.807) is 0 Å². The quantitative estimate of drug-likeness (QED) is 0.912. The van der Waals surface area contributed by atoms with E-state index in [2.05, 4.69) is 44.3 Å². The lowest BCUT2D eigenvalue weighted by Gasteiger charge is -2.40. The molecule has 1 saturated heterocycles. The fourth-order valence-electron chi connectivity index (χ4n) is 2.45. The monoisotopic (exact) mass is 274 g/mol. The van der Waals surface area contributed by atoms with Gasteiger partial charge in [-0.1, -0.05) is 26.0 Å². The maximum atomic E-state index is 8.83. The van der Waals surface area contributed by atoms with E-state index in [4.69, 9.17) is 5.26 Å². The summed E-state index contributed by atoms with van der Waals surface area (Å²) in [5.41, 5.74) is 2.35. The van der Waals surface area contributed by atoms with Crippen molar-refractivity contribution in [2.75, 3.05) is 11.5 Å². The summed E-state index contributed by atoms with van der Waals surface area (Å²) in [4.78, 5) is 0. The van der Waals surface area contributed by atoms with Crippen LogP contribution in [0.15, 0.2) is 24.3 Å². The normalized spacial score (nSPS) is 23.6. The van der Waals surface area contributed by atoms with E-state index in [0.29, 0.717) is 17.5 Å². The molecule has 2 rings (SSSR count). The SMILES string of the molecule is CC(NC1CSCCC1(C)C)c1ccc(C#N)cc1. The van der Waals surface area contributed by atoms with Gasteiger partial charge in [0.25, 0.3) is 0 Å².